The van der Waals surface area contributed by atoms with Gasteiger partial charge in [-0.3, -0.25) is 19.4 Å². The lowest BCUT2D eigenvalue weighted by Gasteiger charge is -1.99. The second-order valence-corrected chi connectivity index (χ2v) is 4.78. The third-order valence-electron chi connectivity index (χ3n) is 2.88. The molecule has 2 aromatic heterocycles. The molecule has 3 rings (SSSR count). The lowest BCUT2D eigenvalue weighted by atomic mass is 10.3. The molecule has 0 amide bonds. The third-order valence-corrected chi connectivity index (χ3v) is 2.88. The number of hydrogen-bond acceptors (Lipinski definition) is 2. The SMILES string of the molecule is Cc1cc(=O)n(-c2ccccc2)[nH]1.Cc1cc(=O)n(C)[nH]1. The number of H-pyrrole nitrogens is 2. The van der Waals surface area contributed by atoms with Crippen LogP contribution in [0.2, 0.25) is 0 Å². The van der Waals surface area contributed by atoms with Gasteiger partial charge in [0, 0.05) is 30.6 Å². The van der Waals surface area contributed by atoms with Crippen molar-refractivity contribution in [2.75, 3.05) is 0 Å². The van der Waals surface area contributed by atoms with E-state index in [1.54, 1.807) is 19.2 Å². The molecule has 0 atom stereocenters. The molecular formula is C15H18N4O2. The molecule has 0 aliphatic carbocycles. The van der Waals surface area contributed by atoms with E-state index in [0.717, 1.165) is 17.1 Å². The molecule has 2 N–H and O–H groups in total. The maximum atomic E-state index is 11.4. The van der Waals surface area contributed by atoms with Crippen molar-refractivity contribution in [3.63, 3.8) is 0 Å². The summed E-state index contributed by atoms with van der Waals surface area (Å²) in [4.78, 5) is 21.9. The van der Waals surface area contributed by atoms with E-state index in [0.29, 0.717) is 0 Å². The molecule has 0 aliphatic heterocycles. The minimum absolute atomic E-state index is 0.0162. The number of rotatable bonds is 1. The van der Waals surface area contributed by atoms with E-state index in [1.165, 1.54) is 9.36 Å². The molecule has 6 heteroatoms. The summed E-state index contributed by atoms with van der Waals surface area (Å²) >= 11 is 0. The molecule has 0 aliphatic rings. The first-order valence-corrected chi connectivity index (χ1v) is 6.54. The van der Waals surface area contributed by atoms with Crippen molar-refractivity contribution in [3.8, 4) is 5.69 Å². The molecule has 3 aromatic rings. The molecule has 6 nitrogen and oxygen atoms in total. The zero-order valence-electron chi connectivity index (χ0n) is 12.3. The molecule has 0 bridgehead atoms. The fraction of sp³-hybridized carbons (Fsp3) is 0.200. The Bertz CT molecular complexity index is 821. The normalized spacial score (nSPS) is 10.0. The lowest BCUT2D eigenvalue weighted by molar-refractivity contribution is 0.731. The molecule has 0 saturated carbocycles. The van der Waals surface area contributed by atoms with E-state index in [1.807, 2.05) is 44.2 Å². The summed E-state index contributed by atoms with van der Waals surface area (Å²) < 4.78 is 2.96. The van der Waals surface area contributed by atoms with Crippen LogP contribution >= 0.6 is 0 Å². The van der Waals surface area contributed by atoms with Gasteiger partial charge in [-0.15, -0.1) is 0 Å². The summed E-state index contributed by atoms with van der Waals surface area (Å²) in [6.45, 7) is 3.71. The quantitative estimate of drug-likeness (QED) is 0.711. The number of benzene rings is 1. The first-order chi connectivity index (χ1) is 9.97. The summed E-state index contributed by atoms with van der Waals surface area (Å²) in [7, 11) is 1.69. The van der Waals surface area contributed by atoms with Gasteiger partial charge in [-0.2, -0.15) is 0 Å². The van der Waals surface area contributed by atoms with Crippen LogP contribution in [-0.4, -0.2) is 19.6 Å². The van der Waals surface area contributed by atoms with Crippen molar-refractivity contribution in [3.05, 3.63) is 74.6 Å². The predicted molar refractivity (Wildman–Crippen MR) is 81.9 cm³/mol. The number of nitrogens with zero attached hydrogens (tertiary/aromatic N) is 2. The maximum absolute atomic E-state index is 11.4. The van der Waals surface area contributed by atoms with Crippen LogP contribution in [0.5, 0.6) is 0 Å². The van der Waals surface area contributed by atoms with Crippen molar-refractivity contribution in [2.24, 2.45) is 7.05 Å². The highest BCUT2D eigenvalue weighted by Gasteiger charge is 2.00. The van der Waals surface area contributed by atoms with Gasteiger partial charge in [-0.05, 0) is 26.0 Å². The van der Waals surface area contributed by atoms with Crippen LogP contribution in [0.3, 0.4) is 0 Å². The zero-order valence-corrected chi connectivity index (χ0v) is 12.3. The highest BCUT2D eigenvalue weighted by molar-refractivity contribution is 5.30. The van der Waals surface area contributed by atoms with Crippen molar-refractivity contribution in [1.29, 1.82) is 0 Å². The zero-order chi connectivity index (χ0) is 15.4. The van der Waals surface area contributed by atoms with Gasteiger partial charge in [0.1, 0.15) is 0 Å². The van der Waals surface area contributed by atoms with Gasteiger partial charge >= 0.3 is 0 Å². The first kappa shape index (κ1) is 14.6. The molecule has 1 aromatic carbocycles. The summed E-state index contributed by atoms with van der Waals surface area (Å²) in [6.07, 6.45) is 0. The van der Waals surface area contributed by atoms with Crippen LogP contribution in [0, 0.1) is 13.8 Å². The van der Waals surface area contributed by atoms with Gasteiger partial charge in [0.25, 0.3) is 11.1 Å². The standard InChI is InChI=1S/C10H10N2O.C5H8N2O/c1-8-7-10(13)12(11-8)9-5-3-2-4-6-9;1-4-3-5(8)7(2)6-4/h2-7,11H,1H3;3,6H,1-2H3. The van der Waals surface area contributed by atoms with Gasteiger partial charge < -0.3 is 5.10 Å². The second kappa shape index (κ2) is 6.13. The largest absolute Gasteiger partial charge is 0.300 e. The number of hydrogen-bond donors (Lipinski definition) is 2. The Labute approximate surface area is 121 Å². The van der Waals surface area contributed by atoms with E-state index in [2.05, 4.69) is 10.2 Å². The predicted octanol–water partition coefficient (Wildman–Crippen LogP) is 1.50. The molecule has 110 valence electrons. The number of para-hydroxylation sites is 1. The Morgan fingerprint density at radius 1 is 0.857 bits per heavy atom. The number of nitrogens with one attached hydrogen (secondary N) is 2. The molecule has 21 heavy (non-hydrogen) atoms. The Hall–Kier alpha value is -2.76. The first-order valence-electron chi connectivity index (χ1n) is 6.54. The minimum atomic E-state index is -0.0244. The van der Waals surface area contributed by atoms with Crippen molar-refractivity contribution < 1.29 is 0 Å². The summed E-state index contributed by atoms with van der Waals surface area (Å²) in [5, 5.41) is 5.78. The Kier molecular flexibility index (Phi) is 4.27. The van der Waals surface area contributed by atoms with Gasteiger partial charge in [-0.25, -0.2) is 4.68 Å². The molecule has 0 fully saturated rings. The third kappa shape index (κ3) is 3.62. The van der Waals surface area contributed by atoms with E-state index in [9.17, 15) is 9.59 Å². The molecule has 0 radical (unpaired) electrons. The van der Waals surface area contributed by atoms with E-state index in [-0.39, 0.29) is 11.1 Å². The van der Waals surface area contributed by atoms with Gasteiger partial charge in [0.15, 0.2) is 0 Å². The van der Waals surface area contributed by atoms with Crippen molar-refractivity contribution >= 4 is 0 Å². The highest BCUT2D eigenvalue weighted by atomic mass is 16.1. The number of aromatic amines is 2. The van der Waals surface area contributed by atoms with Crippen LogP contribution in [0.25, 0.3) is 5.69 Å². The molecule has 0 unspecified atom stereocenters. The van der Waals surface area contributed by atoms with Crippen LogP contribution in [0.1, 0.15) is 11.4 Å². The average Bonchev–Trinajstić information content (AvgIpc) is 2.93. The van der Waals surface area contributed by atoms with Crippen LogP contribution in [0.4, 0.5) is 0 Å². The fourth-order valence-electron chi connectivity index (χ4n) is 1.92. The Morgan fingerprint density at radius 3 is 1.81 bits per heavy atom. The molecular weight excluding hydrogens is 268 g/mol. The monoisotopic (exact) mass is 286 g/mol. The second-order valence-electron chi connectivity index (χ2n) is 4.78. The van der Waals surface area contributed by atoms with Crippen molar-refractivity contribution in [1.82, 2.24) is 19.6 Å². The highest BCUT2D eigenvalue weighted by Crippen LogP contribution is 2.02. The van der Waals surface area contributed by atoms with E-state index in [4.69, 9.17) is 0 Å². The van der Waals surface area contributed by atoms with Gasteiger partial charge in [0.2, 0.25) is 0 Å². The molecule has 2 heterocycles. The number of aromatic nitrogens is 4. The number of aryl methyl sites for hydroxylation is 3. The van der Waals surface area contributed by atoms with Crippen LogP contribution in [0.15, 0.2) is 52.1 Å². The van der Waals surface area contributed by atoms with Crippen molar-refractivity contribution in [2.45, 2.75) is 13.8 Å². The smallest absolute Gasteiger partial charge is 0.271 e. The van der Waals surface area contributed by atoms with Gasteiger partial charge in [-0.1, -0.05) is 18.2 Å². The summed E-state index contributed by atoms with van der Waals surface area (Å²) in [5.41, 5.74) is 2.62. The van der Waals surface area contributed by atoms with Crippen LogP contribution < -0.4 is 11.1 Å². The lowest BCUT2D eigenvalue weighted by Crippen LogP contribution is -2.12. The molecule has 0 spiro atoms. The van der Waals surface area contributed by atoms with Gasteiger partial charge in [0.05, 0.1) is 5.69 Å². The molecule has 0 saturated heterocycles. The topological polar surface area (TPSA) is 75.6 Å². The van der Waals surface area contributed by atoms with Crippen LogP contribution in [-0.2, 0) is 7.05 Å². The van der Waals surface area contributed by atoms with E-state index < -0.39 is 0 Å². The van der Waals surface area contributed by atoms with E-state index >= 15 is 0 Å². The summed E-state index contributed by atoms with van der Waals surface area (Å²) in [5.74, 6) is 0. The Balaban J connectivity index is 0.000000173. The maximum Gasteiger partial charge on any atom is 0.271 e. The minimum Gasteiger partial charge on any atom is -0.300 e. The summed E-state index contributed by atoms with van der Waals surface area (Å²) in [6, 6.07) is 12.6. The Morgan fingerprint density at radius 2 is 1.43 bits per heavy atom. The average molecular weight is 286 g/mol. The fourth-order valence-corrected chi connectivity index (χ4v) is 1.92.